The number of imide groups is 1. The smallest absolute Gasteiger partial charge is 0.262 e. The van der Waals surface area contributed by atoms with Gasteiger partial charge in [0.05, 0.1) is 21.2 Å². The van der Waals surface area contributed by atoms with Gasteiger partial charge in [-0.05, 0) is 23.6 Å². The first-order chi connectivity index (χ1) is 12.4. The van der Waals surface area contributed by atoms with Crippen LogP contribution >= 0.6 is 23.2 Å². The maximum Gasteiger partial charge on any atom is 0.262 e. The van der Waals surface area contributed by atoms with E-state index in [1.54, 1.807) is 0 Å². The van der Waals surface area contributed by atoms with Gasteiger partial charge in [-0.1, -0.05) is 60.5 Å². The lowest BCUT2D eigenvalue weighted by molar-refractivity contribution is -0.121. The summed E-state index contributed by atoms with van der Waals surface area (Å²) in [4.78, 5) is 37.9. The number of carbonyl (C=O) groups is 3. The molecule has 0 aromatic heterocycles. The van der Waals surface area contributed by atoms with E-state index in [9.17, 15) is 14.4 Å². The van der Waals surface area contributed by atoms with Crippen molar-refractivity contribution >= 4 is 40.9 Å². The summed E-state index contributed by atoms with van der Waals surface area (Å²) in [5, 5.41) is 3.14. The maximum atomic E-state index is 12.4. The van der Waals surface area contributed by atoms with Gasteiger partial charge in [0.15, 0.2) is 0 Å². The van der Waals surface area contributed by atoms with Crippen LogP contribution in [0.1, 0.15) is 39.1 Å². The number of halogens is 2. The fourth-order valence-electron chi connectivity index (χ4n) is 2.79. The van der Waals surface area contributed by atoms with Crippen LogP contribution in [0.3, 0.4) is 0 Å². The monoisotopic (exact) mass is 390 g/mol. The standard InChI is InChI=1S/C19H16Cl2N2O3/c1-11(12-5-3-2-4-6-12)9-22-17(24)10-23-18(25)13-7-15(20)16(21)8-14(13)19(23)26/h2-8,11H,9-10H2,1H3,(H,22,24)/t11-/m0/s1. The number of nitrogens with one attached hydrogen (secondary N) is 1. The Morgan fingerprint density at radius 1 is 1.04 bits per heavy atom. The Kier molecular flexibility index (Phi) is 5.30. The first-order valence-electron chi connectivity index (χ1n) is 8.05. The third-order valence-electron chi connectivity index (χ3n) is 4.29. The number of nitrogens with zero attached hydrogens (tertiary/aromatic N) is 1. The summed E-state index contributed by atoms with van der Waals surface area (Å²) in [6.07, 6.45) is 0. The van der Waals surface area contributed by atoms with Gasteiger partial charge < -0.3 is 5.32 Å². The van der Waals surface area contributed by atoms with Crippen LogP contribution in [-0.2, 0) is 4.79 Å². The van der Waals surface area contributed by atoms with Crippen LogP contribution in [0.5, 0.6) is 0 Å². The van der Waals surface area contributed by atoms with Crippen molar-refractivity contribution in [3.8, 4) is 0 Å². The molecule has 0 aliphatic carbocycles. The van der Waals surface area contributed by atoms with Gasteiger partial charge in [-0.25, -0.2) is 0 Å². The highest BCUT2D eigenvalue weighted by Crippen LogP contribution is 2.31. The van der Waals surface area contributed by atoms with Gasteiger partial charge in [0.25, 0.3) is 11.8 Å². The molecule has 0 unspecified atom stereocenters. The van der Waals surface area contributed by atoms with Crippen LogP contribution in [0.4, 0.5) is 0 Å². The summed E-state index contributed by atoms with van der Waals surface area (Å²) < 4.78 is 0. The normalized spacial score (nSPS) is 14.3. The molecule has 3 rings (SSSR count). The number of amides is 3. The molecule has 3 amide bonds. The van der Waals surface area contributed by atoms with E-state index in [1.807, 2.05) is 37.3 Å². The summed E-state index contributed by atoms with van der Waals surface area (Å²) in [6.45, 7) is 2.05. The molecule has 0 spiro atoms. The molecule has 1 atom stereocenters. The molecule has 2 aromatic carbocycles. The third-order valence-corrected chi connectivity index (χ3v) is 5.01. The Morgan fingerprint density at radius 3 is 2.12 bits per heavy atom. The van der Waals surface area contributed by atoms with Gasteiger partial charge in [-0.15, -0.1) is 0 Å². The van der Waals surface area contributed by atoms with Gasteiger partial charge in [-0.3, -0.25) is 19.3 Å². The molecule has 5 nitrogen and oxygen atoms in total. The minimum atomic E-state index is -0.546. The largest absolute Gasteiger partial charge is 0.354 e. The van der Waals surface area contributed by atoms with E-state index in [0.29, 0.717) is 6.54 Å². The molecule has 0 radical (unpaired) electrons. The van der Waals surface area contributed by atoms with E-state index in [4.69, 9.17) is 23.2 Å². The van der Waals surface area contributed by atoms with Crippen molar-refractivity contribution in [2.45, 2.75) is 12.8 Å². The third kappa shape index (κ3) is 3.59. The van der Waals surface area contributed by atoms with Crippen LogP contribution in [0.2, 0.25) is 10.0 Å². The Balaban J connectivity index is 1.63. The van der Waals surface area contributed by atoms with Crippen molar-refractivity contribution in [2.24, 2.45) is 0 Å². The van der Waals surface area contributed by atoms with Crippen LogP contribution < -0.4 is 5.32 Å². The highest BCUT2D eigenvalue weighted by molar-refractivity contribution is 6.43. The van der Waals surface area contributed by atoms with E-state index >= 15 is 0 Å². The van der Waals surface area contributed by atoms with Gasteiger partial charge >= 0.3 is 0 Å². The zero-order valence-electron chi connectivity index (χ0n) is 14.0. The van der Waals surface area contributed by atoms with Crippen molar-refractivity contribution in [3.63, 3.8) is 0 Å². The van der Waals surface area contributed by atoms with E-state index in [2.05, 4.69) is 5.32 Å². The van der Waals surface area contributed by atoms with Gasteiger partial charge in [0, 0.05) is 6.54 Å². The molecular weight excluding hydrogens is 375 g/mol. The average Bonchev–Trinajstić information content (AvgIpc) is 2.85. The molecule has 1 heterocycles. The molecule has 2 aromatic rings. The van der Waals surface area contributed by atoms with Crippen LogP contribution in [0, 0.1) is 0 Å². The lowest BCUT2D eigenvalue weighted by atomic mass is 10.0. The molecule has 1 aliphatic rings. The summed E-state index contributed by atoms with van der Waals surface area (Å²) in [7, 11) is 0. The van der Waals surface area contributed by atoms with E-state index in [1.165, 1.54) is 12.1 Å². The first-order valence-corrected chi connectivity index (χ1v) is 8.81. The fraction of sp³-hybridized carbons (Fsp3) is 0.211. The quantitative estimate of drug-likeness (QED) is 0.794. The molecule has 0 fully saturated rings. The van der Waals surface area contributed by atoms with Crippen molar-refractivity contribution < 1.29 is 14.4 Å². The molecule has 1 N–H and O–H groups in total. The fourth-order valence-corrected chi connectivity index (χ4v) is 3.12. The predicted molar refractivity (Wildman–Crippen MR) is 99.7 cm³/mol. The van der Waals surface area contributed by atoms with Crippen molar-refractivity contribution in [2.75, 3.05) is 13.1 Å². The summed E-state index contributed by atoms with van der Waals surface area (Å²) in [6, 6.07) is 12.5. The Bertz CT molecular complexity index is 843. The van der Waals surface area contributed by atoms with Gasteiger partial charge in [0.1, 0.15) is 6.54 Å². The predicted octanol–water partition coefficient (Wildman–Crippen LogP) is 3.51. The SMILES string of the molecule is C[C@@H](CNC(=O)CN1C(=O)c2cc(Cl)c(Cl)cc2C1=O)c1ccccc1. The summed E-state index contributed by atoms with van der Waals surface area (Å²) in [5.41, 5.74) is 1.42. The second kappa shape index (κ2) is 7.48. The van der Waals surface area contributed by atoms with Crippen LogP contribution in [0.15, 0.2) is 42.5 Å². The Labute approximate surface area is 160 Å². The van der Waals surface area contributed by atoms with Crippen LogP contribution in [-0.4, -0.2) is 35.7 Å². The number of hydrogen-bond donors (Lipinski definition) is 1. The number of carbonyl (C=O) groups excluding carboxylic acids is 3. The minimum absolute atomic E-state index is 0.111. The number of hydrogen-bond acceptors (Lipinski definition) is 3. The van der Waals surface area contributed by atoms with Crippen molar-refractivity contribution in [1.29, 1.82) is 0 Å². The Hall–Kier alpha value is -2.37. The average molecular weight is 391 g/mol. The molecule has 0 bridgehead atoms. The van der Waals surface area contributed by atoms with Crippen molar-refractivity contribution in [1.82, 2.24) is 10.2 Å². The molecule has 26 heavy (non-hydrogen) atoms. The molecule has 134 valence electrons. The van der Waals surface area contributed by atoms with E-state index < -0.39 is 17.7 Å². The maximum absolute atomic E-state index is 12.4. The van der Waals surface area contributed by atoms with Crippen LogP contribution in [0.25, 0.3) is 0 Å². The number of rotatable bonds is 5. The lowest BCUT2D eigenvalue weighted by Gasteiger charge is -2.16. The van der Waals surface area contributed by atoms with Gasteiger partial charge in [0.2, 0.25) is 5.91 Å². The molecule has 0 saturated heterocycles. The van der Waals surface area contributed by atoms with E-state index in [0.717, 1.165) is 10.5 Å². The summed E-state index contributed by atoms with van der Waals surface area (Å²) >= 11 is 11.8. The minimum Gasteiger partial charge on any atom is -0.354 e. The highest BCUT2D eigenvalue weighted by atomic mass is 35.5. The molecule has 0 saturated carbocycles. The van der Waals surface area contributed by atoms with Crippen molar-refractivity contribution in [3.05, 3.63) is 69.2 Å². The number of fused-ring (bicyclic) bond motifs is 1. The molecular formula is C19H16Cl2N2O3. The molecule has 1 aliphatic heterocycles. The highest BCUT2D eigenvalue weighted by Gasteiger charge is 2.37. The number of benzene rings is 2. The zero-order chi connectivity index (χ0) is 18.8. The Morgan fingerprint density at radius 2 is 1.58 bits per heavy atom. The summed E-state index contributed by atoms with van der Waals surface area (Å²) in [5.74, 6) is -1.39. The first kappa shape index (κ1) is 18.4. The molecule has 7 heteroatoms. The lowest BCUT2D eigenvalue weighted by Crippen LogP contribution is -2.41. The van der Waals surface area contributed by atoms with E-state index in [-0.39, 0.29) is 33.6 Å². The van der Waals surface area contributed by atoms with Gasteiger partial charge in [-0.2, -0.15) is 0 Å². The second-order valence-electron chi connectivity index (χ2n) is 6.12. The topological polar surface area (TPSA) is 66.5 Å². The second-order valence-corrected chi connectivity index (χ2v) is 6.94. The zero-order valence-corrected chi connectivity index (χ0v) is 15.5.